The van der Waals surface area contributed by atoms with Crippen molar-refractivity contribution in [2.24, 2.45) is 0 Å². The Morgan fingerprint density at radius 3 is 2.15 bits per heavy atom. The smallest absolute Gasteiger partial charge is 0.250 e. The molecule has 0 saturated carbocycles. The van der Waals surface area contributed by atoms with Crippen LogP contribution < -0.4 is 0 Å². The lowest BCUT2D eigenvalue weighted by Gasteiger charge is -2.22. The normalized spacial score (nSPS) is 12.6. The second kappa shape index (κ2) is 7.48. The molecule has 0 aliphatic rings. The van der Waals surface area contributed by atoms with Gasteiger partial charge in [0.05, 0.1) is 5.75 Å². The van der Waals surface area contributed by atoms with E-state index in [9.17, 15) is 13.5 Å². The van der Waals surface area contributed by atoms with Crippen LogP contribution in [0.1, 0.15) is 62.2 Å². The fourth-order valence-corrected chi connectivity index (χ4v) is 4.69. The molecule has 0 bridgehead atoms. The maximum Gasteiger partial charge on any atom is 0.250 e. The Morgan fingerprint density at radius 2 is 1.69 bits per heavy atom. The van der Waals surface area contributed by atoms with Crippen molar-refractivity contribution in [2.45, 2.75) is 77.4 Å². The van der Waals surface area contributed by atoms with E-state index in [0.29, 0.717) is 6.54 Å². The van der Waals surface area contributed by atoms with Gasteiger partial charge in [-0.1, -0.05) is 39.8 Å². The van der Waals surface area contributed by atoms with Crippen molar-refractivity contribution in [3.8, 4) is 0 Å². The second-order valence-electron chi connectivity index (χ2n) is 7.81. The van der Waals surface area contributed by atoms with E-state index in [1.54, 1.807) is 0 Å². The zero-order valence-electron chi connectivity index (χ0n) is 16.5. The Hall–Kier alpha value is -1.73. The molecule has 1 aromatic heterocycles. The molecule has 0 aliphatic heterocycles. The largest absolute Gasteiger partial charge is 0.388 e. The maximum atomic E-state index is 13.0. The van der Waals surface area contributed by atoms with Crippen LogP contribution in [0.3, 0.4) is 0 Å². The molecule has 2 rings (SSSR count). The SMILES string of the molecule is CCCn1c(CO)nnc1S(=O)(=O)Cc1c(C)cc(C(C)(C)C)cc1C. The molecule has 0 fully saturated rings. The number of hydrogen-bond donors (Lipinski definition) is 1. The van der Waals surface area contributed by atoms with Gasteiger partial charge in [-0.15, -0.1) is 10.2 Å². The lowest BCUT2D eigenvalue weighted by molar-refractivity contribution is 0.263. The lowest BCUT2D eigenvalue weighted by Crippen LogP contribution is -2.17. The number of nitrogens with zero attached hydrogens (tertiary/aromatic N) is 3. The van der Waals surface area contributed by atoms with Gasteiger partial charge in [-0.2, -0.15) is 0 Å². The number of hydrogen-bond acceptors (Lipinski definition) is 5. The predicted octanol–water partition coefficient (Wildman–Crippen LogP) is 3.07. The summed E-state index contributed by atoms with van der Waals surface area (Å²) in [7, 11) is -3.67. The minimum Gasteiger partial charge on any atom is -0.388 e. The number of aryl methyl sites for hydroxylation is 2. The topological polar surface area (TPSA) is 85.1 Å². The molecule has 0 atom stereocenters. The van der Waals surface area contributed by atoms with Crippen molar-refractivity contribution in [1.29, 1.82) is 0 Å². The summed E-state index contributed by atoms with van der Waals surface area (Å²) in [5.74, 6) is 0.157. The zero-order valence-corrected chi connectivity index (χ0v) is 17.3. The van der Waals surface area contributed by atoms with Crippen LogP contribution in [0.15, 0.2) is 17.3 Å². The first-order valence-electron chi connectivity index (χ1n) is 8.87. The number of aliphatic hydroxyl groups is 1. The third kappa shape index (κ3) is 4.15. The molecule has 1 N–H and O–H groups in total. The molecule has 0 unspecified atom stereocenters. The minimum atomic E-state index is -3.67. The number of aromatic nitrogens is 3. The van der Waals surface area contributed by atoms with E-state index in [-0.39, 0.29) is 28.8 Å². The number of benzene rings is 1. The van der Waals surface area contributed by atoms with Crippen LogP contribution in [-0.4, -0.2) is 28.3 Å². The van der Waals surface area contributed by atoms with E-state index in [0.717, 1.165) is 23.1 Å². The predicted molar refractivity (Wildman–Crippen MR) is 102 cm³/mol. The van der Waals surface area contributed by atoms with Gasteiger partial charge in [0.15, 0.2) is 5.82 Å². The summed E-state index contributed by atoms with van der Waals surface area (Å²) in [6.45, 7) is 12.4. The summed E-state index contributed by atoms with van der Waals surface area (Å²) in [6.07, 6.45) is 0.728. The molecule has 0 amide bonds. The average molecular weight is 380 g/mol. The monoisotopic (exact) mass is 379 g/mol. The molecule has 26 heavy (non-hydrogen) atoms. The summed E-state index contributed by atoms with van der Waals surface area (Å²) in [6, 6.07) is 4.13. The van der Waals surface area contributed by atoms with Crippen molar-refractivity contribution in [3.63, 3.8) is 0 Å². The quantitative estimate of drug-likeness (QED) is 0.834. The third-order valence-electron chi connectivity index (χ3n) is 4.56. The summed E-state index contributed by atoms with van der Waals surface area (Å²) in [4.78, 5) is 0. The molecule has 6 nitrogen and oxygen atoms in total. The standard InChI is InChI=1S/C19H29N3O3S/c1-7-8-22-17(11-23)20-21-18(22)26(24,25)12-16-13(2)9-15(10-14(16)3)19(4,5)6/h9-10,23H,7-8,11-12H2,1-6H3. The Bertz CT molecular complexity index is 870. The van der Waals surface area contributed by atoms with Crippen LogP contribution in [0.4, 0.5) is 0 Å². The first-order valence-corrected chi connectivity index (χ1v) is 10.5. The van der Waals surface area contributed by atoms with E-state index in [1.165, 1.54) is 10.1 Å². The van der Waals surface area contributed by atoms with Crippen molar-refractivity contribution < 1.29 is 13.5 Å². The Labute approximate surface area is 156 Å². The van der Waals surface area contributed by atoms with Gasteiger partial charge >= 0.3 is 0 Å². The van der Waals surface area contributed by atoms with Gasteiger partial charge < -0.3 is 5.11 Å². The summed E-state index contributed by atoms with van der Waals surface area (Å²) in [5.41, 5.74) is 3.91. The van der Waals surface area contributed by atoms with Gasteiger partial charge in [0.2, 0.25) is 15.0 Å². The van der Waals surface area contributed by atoms with Crippen LogP contribution in [0.2, 0.25) is 0 Å². The minimum absolute atomic E-state index is 0.00422. The van der Waals surface area contributed by atoms with Crippen molar-refractivity contribution in [2.75, 3.05) is 0 Å². The van der Waals surface area contributed by atoms with Crippen LogP contribution in [0, 0.1) is 13.8 Å². The lowest BCUT2D eigenvalue weighted by atomic mass is 9.84. The van der Waals surface area contributed by atoms with Gasteiger partial charge in [-0.25, -0.2) is 8.42 Å². The van der Waals surface area contributed by atoms with Crippen LogP contribution in [-0.2, 0) is 34.2 Å². The van der Waals surface area contributed by atoms with Gasteiger partial charge in [-0.05, 0) is 47.9 Å². The molecule has 1 heterocycles. The molecule has 2 aromatic rings. The van der Waals surface area contributed by atoms with E-state index in [4.69, 9.17) is 0 Å². The fourth-order valence-electron chi connectivity index (χ4n) is 3.02. The van der Waals surface area contributed by atoms with E-state index < -0.39 is 9.84 Å². The van der Waals surface area contributed by atoms with Crippen molar-refractivity contribution >= 4 is 9.84 Å². The first kappa shape index (κ1) is 20.6. The second-order valence-corrected chi connectivity index (χ2v) is 9.69. The highest BCUT2D eigenvalue weighted by atomic mass is 32.2. The molecular formula is C19H29N3O3S. The Balaban J connectivity index is 2.47. The molecule has 1 aromatic carbocycles. The summed E-state index contributed by atoms with van der Waals surface area (Å²) in [5, 5.41) is 17.0. The number of sulfone groups is 1. The average Bonchev–Trinajstić information content (AvgIpc) is 2.94. The van der Waals surface area contributed by atoms with Crippen LogP contribution >= 0.6 is 0 Å². The maximum absolute atomic E-state index is 13.0. The Kier molecular flexibility index (Phi) is 5.92. The van der Waals surface area contributed by atoms with Gasteiger partial charge in [0.1, 0.15) is 6.61 Å². The van der Waals surface area contributed by atoms with Crippen molar-refractivity contribution in [3.05, 3.63) is 40.2 Å². The van der Waals surface area contributed by atoms with Crippen LogP contribution in [0.5, 0.6) is 0 Å². The fraction of sp³-hybridized carbons (Fsp3) is 0.579. The molecule has 0 saturated heterocycles. The molecule has 0 aliphatic carbocycles. The highest BCUT2D eigenvalue weighted by Gasteiger charge is 2.27. The van der Waals surface area contributed by atoms with Gasteiger partial charge in [0, 0.05) is 6.54 Å². The molecule has 0 radical (unpaired) electrons. The highest BCUT2D eigenvalue weighted by molar-refractivity contribution is 7.90. The van der Waals surface area contributed by atoms with Crippen LogP contribution in [0.25, 0.3) is 0 Å². The van der Waals surface area contributed by atoms with E-state index in [1.807, 2.05) is 20.8 Å². The number of rotatable bonds is 6. The molecule has 7 heteroatoms. The first-order chi connectivity index (χ1) is 12.0. The van der Waals surface area contributed by atoms with Gasteiger partial charge in [0.25, 0.3) is 0 Å². The zero-order chi connectivity index (χ0) is 19.7. The molecule has 0 spiro atoms. The van der Waals surface area contributed by atoms with E-state index in [2.05, 4.69) is 43.1 Å². The van der Waals surface area contributed by atoms with Crippen molar-refractivity contribution in [1.82, 2.24) is 14.8 Å². The molecule has 144 valence electrons. The number of aliphatic hydroxyl groups excluding tert-OH is 1. The summed E-state index contributed by atoms with van der Waals surface area (Å²) >= 11 is 0. The Morgan fingerprint density at radius 1 is 1.12 bits per heavy atom. The third-order valence-corrected chi connectivity index (χ3v) is 6.08. The van der Waals surface area contributed by atoms with Gasteiger partial charge in [-0.3, -0.25) is 4.57 Å². The highest BCUT2D eigenvalue weighted by Crippen LogP contribution is 2.29. The van der Waals surface area contributed by atoms with E-state index >= 15 is 0 Å². The molecular weight excluding hydrogens is 350 g/mol. The summed E-state index contributed by atoms with van der Waals surface area (Å²) < 4.78 is 27.5.